The minimum absolute atomic E-state index is 0.128. The van der Waals surface area contributed by atoms with Crippen LogP contribution in [0.3, 0.4) is 0 Å². The summed E-state index contributed by atoms with van der Waals surface area (Å²) >= 11 is 0. The molecule has 0 saturated heterocycles. The van der Waals surface area contributed by atoms with Crippen molar-refractivity contribution in [3.63, 3.8) is 0 Å². The molecule has 3 nitrogen and oxygen atoms in total. The van der Waals surface area contributed by atoms with Crippen molar-refractivity contribution in [1.29, 1.82) is 0 Å². The van der Waals surface area contributed by atoms with Crippen molar-refractivity contribution in [2.24, 2.45) is 5.10 Å². The molecule has 2 aromatic rings. The Kier molecular flexibility index (Phi) is 4.07. The fraction of sp³-hybridized carbons (Fsp3) is 0.0714. The van der Waals surface area contributed by atoms with Crippen molar-refractivity contribution < 1.29 is 13.5 Å². The van der Waals surface area contributed by atoms with Gasteiger partial charge in [0.25, 0.3) is 0 Å². The van der Waals surface area contributed by atoms with Crippen molar-refractivity contribution in [1.82, 2.24) is 0 Å². The van der Waals surface area contributed by atoms with Gasteiger partial charge in [0.15, 0.2) is 0 Å². The Balaban J connectivity index is 2.15. The topological polar surface area (TPSA) is 33.6 Å². The number of hydrogen-bond acceptors (Lipinski definition) is 3. The van der Waals surface area contributed by atoms with Crippen LogP contribution in [0.1, 0.15) is 5.56 Å². The Bertz CT molecular complexity index is 562. The fourth-order valence-electron chi connectivity index (χ4n) is 1.49. The molecule has 0 amide bonds. The number of benzene rings is 2. The van der Waals surface area contributed by atoms with Crippen molar-refractivity contribution in [3.8, 4) is 5.75 Å². The second-order valence-electron chi connectivity index (χ2n) is 3.74. The third-order valence-corrected chi connectivity index (χ3v) is 2.45. The highest BCUT2D eigenvalue weighted by Gasteiger charge is 2.09. The highest BCUT2D eigenvalue weighted by molar-refractivity contribution is 5.81. The third-order valence-electron chi connectivity index (χ3n) is 2.45. The minimum atomic E-state index is -0.726. The molecule has 19 heavy (non-hydrogen) atoms. The summed E-state index contributed by atoms with van der Waals surface area (Å²) in [6, 6.07) is 11.3. The first-order valence-electron chi connectivity index (χ1n) is 5.58. The van der Waals surface area contributed by atoms with E-state index in [1.807, 2.05) is 18.2 Å². The zero-order valence-electron chi connectivity index (χ0n) is 10.2. The average Bonchev–Trinajstić information content (AvgIpc) is 2.42. The number of nitrogens with zero attached hydrogens (tertiary/aromatic N) is 1. The average molecular weight is 262 g/mol. The molecule has 0 aromatic heterocycles. The van der Waals surface area contributed by atoms with E-state index in [4.69, 9.17) is 4.74 Å². The molecule has 0 aliphatic rings. The highest BCUT2D eigenvalue weighted by Crippen LogP contribution is 2.19. The Morgan fingerprint density at radius 1 is 1.11 bits per heavy atom. The van der Waals surface area contributed by atoms with Gasteiger partial charge in [0, 0.05) is 12.1 Å². The highest BCUT2D eigenvalue weighted by atomic mass is 19.1. The van der Waals surface area contributed by atoms with Crippen LogP contribution in [-0.4, -0.2) is 13.3 Å². The van der Waals surface area contributed by atoms with Gasteiger partial charge in [-0.05, 0) is 12.1 Å². The second kappa shape index (κ2) is 5.95. The molecule has 0 aliphatic heterocycles. The molecule has 2 rings (SSSR count). The Morgan fingerprint density at radius 3 is 2.32 bits per heavy atom. The summed E-state index contributed by atoms with van der Waals surface area (Å²) < 4.78 is 31.9. The lowest BCUT2D eigenvalue weighted by atomic mass is 10.2. The number of hydrazone groups is 1. The lowest BCUT2D eigenvalue weighted by molar-refractivity contribution is 0.406. The Hall–Kier alpha value is -2.43. The Morgan fingerprint density at radius 2 is 1.74 bits per heavy atom. The number of methoxy groups -OCH3 is 1. The molecule has 0 bridgehead atoms. The van der Waals surface area contributed by atoms with Crippen LogP contribution in [0, 0.1) is 11.6 Å². The molecular weight excluding hydrogens is 250 g/mol. The fourth-order valence-corrected chi connectivity index (χ4v) is 1.49. The van der Waals surface area contributed by atoms with E-state index in [2.05, 4.69) is 10.5 Å². The van der Waals surface area contributed by atoms with E-state index in [1.54, 1.807) is 12.1 Å². The number of hydrogen-bond donors (Lipinski definition) is 1. The molecule has 0 heterocycles. The summed E-state index contributed by atoms with van der Waals surface area (Å²) in [4.78, 5) is 0. The maximum atomic E-state index is 13.6. The summed E-state index contributed by atoms with van der Waals surface area (Å²) in [7, 11) is 1.35. The standard InChI is InChI=1S/C14H12F2N2O/c1-19-11-7-13(15)12(14(16)8-11)9-17-18-10-5-3-2-4-6-10/h2-9,18H,1H3. The van der Waals surface area contributed by atoms with Crippen LogP contribution in [-0.2, 0) is 0 Å². The summed E-state index contributed by atoms with van der Waals surface area (Å²) in [6.45, 7) is 0. The largest absolute Gasteiger partial charge is 0.497 e. The second-order valence-corrected chi connectivity index (χ2v) is 3.74. The van der Waals surface area contributed by atoms with Crippen LogP contribution in [0.4, 0.5) is 14.5 Å². The van der Waals surface area contributed by atoms with E-state index < -0.39 is 11.6 Å². The maximum absolute atomic E-state index is 13.6. The van der Waals surface area contributed by atoms with Gasteiger partial charge < -0.3 is 4.74 Å². The molecular formula is C14H12F2N2O. The zero-order chi connectivity index (χ0) is 13.7. The first-order chi connectivity index (χ1) is 9.20. The lowest BCUT2D eigenvalue weighted by Gasteiger charge is -2.04. The quantitative estimate of drug-likeness (QED) is 0.676. The summed E-state index contributed by atoms with van der Waals surface area (Å²) in [5.74, 6) is -1.32. The van der Waals surface area contributed by atoms with Crippen LogP contribution in [0.15, 0.2) is 47.6 Å². The molecule has 0 radical (unpaired) electrons. The molecule has 2 aromatic carbocycles. The monoisotopic (exact) mass is 262 g/mol. The van der Waals surface area contributed by atoms with Gasteiger partial charge in [0.2, 0.25) is 0 Å². The van der Waals surface area contributed by atoms with Crippen LogP contribution in [0.5, 0.6) is 5.75 Å². The predicted molar refractivity (Wildman–Crippen MR) is 70.6 cm³/mol. The van der Waals surface area contributed by atoms with E-state index in [9.17, 15) is 8.78 Å². The van der Waals surface area contributed by atoms with E-state index in [0.29, 0.717) is 0 Å². The van der Waals surface area contributed by atoms with Gasteiger partial charge in [0.1, 0.15) is 17.4 Å². The van der Waals surface area contributed by atoms with Crippen LogP contribution in [0.25, 0.3) is 0 Å². The van der Waals surface area contributed by atoms with Crippen LogP contribution >= 0.6 is 0 Å². The molecule has 1 N–H and O–H groups in total. The number of nitrogens with one attached hydrogen (secondary N) is 1. The zero-order valence-corrected chi connectivity index (χ0v) is 10.2. The summed E-state index contributed by atoms with van der Waals surface area (Å²) in [6.07, 6.45) is 1.09. The Labute approximate surface area is 109 Å². The van der Waals surface area contributed by atoms with Crippen molar-refractivity contribution in [2.45, 2.75) is 0 Å². The maximum Gasteiger partial charge on any atom is 0.138 e. The number of halogens is 2. The number of anilines is 1. The van der Waals surface area contributed by atoms with Crippen LogP contribution in [0.2, 0.25) is 0 Å². The first kappa shape index (κ1) is 13.0. The van der Waals surface area contributed by atoms with Gasteiger partial charge in [-0.2, -0.15) is 5.10 Å². The molecule has 0 unspecified atom stereocenters. The van der Waals surface area contributed by atoms with Crippen molar-refractivity contribution >= 4 is 11.9 Å². The molecule has 0 fully saturated rings. The first-order valence-corrected chi connectivity index (χ1v) is 5.58. The SMILES string of the molecule is COc1cc(F)c(C=NNc2ccccc2)c(F)c1. The van der Waals surface area contributed by atoms with Gasteiger partial charge in [-0.25, -0.2) is 8.78 Å². The van der Waals surface area contributed by atoms with Crippen LogP contribution < -0.4 is 10.2 Å². The normalized spacial score (nSPS) is 10.7. The molecule has 0 aliphatic carbocycles. The lowest BCUT2D eigenvalue weighted by Crippen LogP contribution is -1.98. The smallest absolute Gasteiger partial charge is 0.138 e. The molecule has 0 saturated carbocycles. The summed E-state index contributed by atoms with van der Waals surface area (Å²) in [5, 5.41) is 3.79. The van der Waals surface area contributed by atoms with Gasteiger partial charge >= 0.3 is 0 Å². The molecule has 5 heteroatoms. The number of para-hydroxylation sites is 1. The van der Waals surface area contributed by atoms with Gasteiger partial charge in [0.05, 0.1) is 24.6 Å². The number of ether oxygens (including phenoxy) is 1. The molecule has 0 atom stereocenters. The van der Waals surface area contributed by atoms with E-state index in [1.165, 1.54) is 7.11 Å². The summed E-state index contributed by atoms with van der Waals surface area (Å²) in [5.41, 5.74) is 3.19. The molecule has 98 valence electrons. The van der Waals surface area contributed by atoms with E-state index in [0.717, 1.165) is 24.0 Å². The van der Waals surface area contributed by atoms with Gasteiger partial charge in [-0.3, -0.25) is 5.43 Å². The van der Waals surface area contributed by atoms with Gasteiger partial charge in [-0.1, -0.05) is 18.2 Å². The van der Waals surface area contributed by atoms with Crippen molar-refractivity contribution in [3.05, 3.63) is 59.7 Å². The van der Waals surface area contributed by atoms with E-state index in [-0.39, 0.29) is 11.3 Å². The predicted octanol–water partition coefficient (Wildman–Crippen LogP) is 3.42. The van der Waals surface area contributed by atoms with Gasteiger partial charge in [-0.15, -0.1) is 0 Å². The van der Waals surface area contributed by atoms with Crippen molar-refractivity contribution in [2.75, 3.05) is 12.5 Å². The van der Waals surface area contributed by atoms with E-state index >= 15 is 0 Å². The molecule has 0 spiro atoms. The third kappa shape index (κ3) is 3.28. The number of rotatable bonds is 4. The minimum Gasteiger partial charge on any atom is -0.497 e.